The molecule has 0 heterocycles. The lowest BCUT2D eigenvalue weighted by Crippen LogP contribution is -2.14. The van der Waals surface area contributed by atoms with Crippen LogP contribution in [0.2, 0.25) is 0 Å². The molecule has 124 valence electrons. The van der Waals surface area contributed by atoms with E-state index < -0.39 is 5.97 Å². The molecule has 0 unspecified atom stereocenters. The van der Waals surface area contributed by atoms with Gasteiger partial charge in [-0.3, -0.25) is 0 Å². The molecule has 23 heavy (non-hydrogen) atoms. The summed E-state index contributed by atoms with van der Waals surface area (Å²) in [5, 5.41) is 9.15. The highest BCUT2D eigenvalue weighted by Gasteiger charge is 2.11. The van der Waals surface area contributed by atoms with Crippen molar-refractivity contribution in [3.8, 4) is 6.07 Å². The lowest BCUT2D eigenvalue weighted by atomic mass is 10.1. The summed E-state index contributed by atoms with van der Waals surface area (Å²) in [5.41, 5.74) is 0.923. The first-order valence-electron chi connectivity index (χ1n) is 8.26. The number of hydrogen-bond donors (Lipinski definition) is 0. The van der Waals surface area contributed by atoms with Crippen LogP contribution >= 0.6 is 0 Å². The number of para-hydroxylation sites is 1. The first kappa shape index (κ1) is 18.8. The van der Waals surface area contributed by atoms with Crippen LogP contribution in [-0.2, 0) is 9.53 Å². The van der Waals surface area contributed by atoms with Crippen LogP contribution in [-0.4, -0.2) is 19.6 Å². The van der Waals surface area contributed by atoms with Crippen LogP contribution in [0.1, 0.15) is 45.4 Å². The van der Waals surface area contributed by atoms with Gasteiger partial charge in [0.05, 0.1) is 6.61 Å². The zero-order valence-electron chi connectivity index (χ0n) is 14.1. The van der Waals surface area contributed by atoms with E-state index in [1.165, 1.54) is 31.9 Å². The average molecular weight is 314 g/mol. The topological polar surface area (TPSA) is 53.3 Å². The highest BCUT2D eigenvalue weighted by molar-refractivity contribution is 5.93. The molecule has 0 aliphatic carbocycles. The number of nitrogens with zero attached hydrogens (tertiary/aromatic N) is 2. The Kier molecular flexibility index (Phi) is 9.23. The van der Waals surface area contributed by atoms with Gasteiger partial charge in [-0.05, 0) is 18.6 Å². The Balaban J connectivity index is 2.40. The maximum Gasteiger partial charge on any atom is 0.350 e. The highest BCUT2D eigenvalue weighted by atomic mass is 16.5. The number of benzene rings is 1. The van der Waals surface area contributed by atoms with Gasteiger partial charge in [-0.1, -0.05) is 57.2 Å². The maximum atomic E-state index is 11.9. The molecule has 0 bridgehead atoms. The molecule has 1 aromatic rings. The Bertz CT molecular complexity index is 532. The number of hydrogen-bond acceptors (Lipinski definition) is 4. The summed E-state index contributed by atoms with van der Waals surface area (Å²) in [7, 11) is 1.80. The zero-order valence-corrected chi connectivity index (χ0v) is 14.1. The van der Waals surface area contributed by atoms with E-state index in [9.17, 15) is 4.79 Å². The van der Waals surface area contributed by atoms with Crippen molar-refractivity contribution in [3.63, 3.8) is 0 Å². The molecule has 4 heteroatoms. The van der Waals surface area contributed by atoms with Gasteiger partial charge in [0.25, 0.3) is 0 Å². The fourth-order valence-electron chi connectivity index (χ4n) is 2.18. The van der Waals surface area contributed by atoms with Crippen molar-refractivity contribution in [2.24, 2.45) is 0 Å². The molecule has 0 spiro atoms. The van der Waals surface area contributed by atoms with E-state index in [1.807, 2.05) is 36.4 Å². The molecule has 0 saturated carbocycles. The second kappa shape index (κ2) is 11.3. The second-order valence-electron chi connectivity index (χ2n) is 5.50. The van der Waals surface area contributed by atoms with Gasteiger partial charge in [0.1, 0.15) is 6.07 Å². The fourth-order valence-corrected chi connectivity index (χ4v) is 2.18. The van der Waals surface area contributed by atoms with Crippen LogP contribution in [0.3, 0.4) is 0 Å². The summed E-state index contributed by atoms with van der Waals surface area (Å²) in [4.78, 5) is 13.7. The molecule has 0 atom stereocenters. The predicted octanol–water partition coefficient (Wildman–Crippen LogP) is 4.43. The van der Waals surface area contributed by atoms with Crippen molar-refractivity contribution in [1.29, 1.82) is 5.26 Å². The molecule has 1 aromatic carbocycles. The molecule has 0 N–H and O–H groups in total. The molecule has 0 saturated heterocycles. The average Bonchev–Trinajstić information content (AvgIpc) is 2.59. The van der Waals surface area contributed by atoms with E-state index in [-0.39, 0.29) is 5.57 Å². The highest BCUT2D eigenvalue weighted by Crippen LogP contribution is 2.13. The summed E-state index contributed by atoms with van der Waals surface area (Å²) in [6, 6.07) is 11.5. The molecule has 0 aliphatic rings. The number of carbonyl (C=O) groups is 1. The van der Waals surface area contributed by atoms with Gasteiger partial charge in [0.2, 0.25) is 0 Å². The minimum absolute atomic E-state index is 0.0161. The van der Waals surface area contributed by atoms with Crippen molar-refractivity contribution >= 4 is 11.7 Å². The monoisotopic (exact) mass is 314 g/mol. The Hall–Kier alpha value is -2.28. The molecule has 0 aliphatic heterocycles. The quantitative estimate of drug-likeness (QED) is 0.277. The number of unbranched alkanes of at least 4 members (excludes halogenated alkanes) is 5. The largest absolute Gasteiger partial charge is 0.462 e. The SMILES string of the molecule is CCCCCCCCOC(=O)/C(C#N)=C\N(C)c1ccccc1. The maximum absolute atomic E-state index is 11.9. The molecule has 0 fully saturated rings. The van der Waals surface area contributed by atoms with Gasteiger partial charge >= 0.3 is 5.97 Å². The fraction of sp³-hybridized carbons (Fsp3) is 0.474. The van der Waals surface area contributed by atoms with Crippen LogP contribution in [0, 0.1) is 11.3 Å². The van der Waals surface area contributed by atoms with Gasteiger partial charge in [0, 0.05) is 18.9 Å². The molecule has 0 amide bonds. The molecular formula is C19H26N2O2. The summed E-state index contributed by atoms with van der Waals surface area (Å²) in [6.45, 7) is 2.56. The lowest BCUT2D eigenvalue weighted by molar-refractivity contribution is -0.138. The normalized spacial score (nSPS) is 10.9. The third kappa shape index (κ3) is 7.51. The third-order valence-corrected chi connectivity index (χ3v) is 3.56. The first-order valence-corrected chi connectivity index (χ1v) is 8.26. The van der Waals surface area contributed by atoms with Crippen molar-refractivity contribution < 1.29 is 9.53 Å². The van der Waals surface area contributed by atoms with Crippen LogP contribution in [0.25, 0.3) is 0 Å². The van der Waals surface area contributed by atoms with Gasteiger partial charge in [0.15, 0.2) is 5.57 Å². The second-order valence-corrected chi connectivity index (χ2v) is 5.50. The van der Waals surface area contributed by atoms with Crippen molar-refractivity contribution in [1.82, 2.24) is 0 Å². The summed E-state index contributed by atoms with van der Waals surface area (Å²) < 4.78 is 5.18. The van der Waals surface area contributed by atoms with Crippen LogP contribution in [0.15, 0.2) is 42.1 Å². The van der Waals surface area contributed by atoms with Crippen molar-refractivity contribution in [3.05, 3.63) is 42.1 Å². The molecular weight excluding hydrogens is 288 g/mol. The molecule has 0 radical (unpaired) electrons. The smallest absolute Gasteiger partial charge is 0.350 e. The van der Waals surface area contributed by atoms with E-state index in [2.05, 4.69) is 6.92 Å². The number of nitriles is 1. The third-order valence-electron chi connectivity index (χ3n) is 3.56. The Morgan fingerprint density at radius 1 is 1.17 bits per heavy atom. The number of carbonyl (C=O) groups excluding carboxylic acids is 1. The zero-order chi connectivity index (χ0) is 16.9. The Morgan fingerprint density at radius 3 is 2.48 bits per heavy atom. The molecule has 1 rings (SSSR count). The van der Waals surface area contributed by atoms with E-state index in [0.717, 1.165) is 18.5 Å². The lowest BCUT2D eigenvalue weighted by Gasteiger charge is -2.14. The van der Waals surface area contributed by atoms with E-state index in [4.69, 9.17) is 10.00 Å². The van der Waals surface area contributed by atoms with Crippen LogP contribution < -0.4 is 4.90 Å². The van der Waals surface area contributed by atoms with E-state index >= 15 is 0 Å². The Labute approximate surface area is 139 Å². The van der Waals surface area contributed by atoms with Gasteiger partial charge in [-0.15, -0.1) is 0 Å². The number of ether oxygens (including phenoxy) is 1. The number of esters is 1. The number of rotatable bonds is 10. The van der Waals surface area contributed by atoms with Crippen molar-refractivity contribution in [2.75, 3.05) is 18.6 Å². The minimum atomic E-state index is -0.552. The Morgan fingerprint density at radius 2 is 1.83 bits per heavy atom. The van der Waals surface area contributed by atoms with Gasteiger partial charge in [-0.2, -0.15) is 5.26 Å². The van der Waals surface area contributed by atoms with Crippen LogP contribution in [0.4, 0.5) is 5.69 Å². The molecule has 4 nitrogen and oxygen atoms in total. The standard InChI is InChI=1S/C19H26N2O2/c1-3-4-5-6-7-11-14-23-19(22)17(15-20)16-21(2)18-12-9-8-10-13-18/h8-10,12-13,16H,3-7,11,14H2,1-2H3/b17-16-. The summed E-state index contributed by atoms with van der Waals surface area (Å²) >= 11 is 0. The van der Waals surface area contributed by atoms with Crippen LogP contribution in [0.5, 0.6) is 0 Å². The molecule has 0 aromatic heterocycles. The first-order chi connectivity index (χ1) is 11.2. The van der Waals surface area contributed by atoms with E-state index in [1.54, 1.807) is 11.9 Å². The van der Waals surface area contributed by atoms with Gasteiger partial charge in [-0.25, -0.2) is 4.79 Å². The van der Waals surface area contributed by atoms with Gasteiger partial charge < -0.3 is 9.64 Å². The van der Waals surface area contributed by atoms with E-state index in [0.29, 0.717) is 6.61 Å². The predicted molar refractivity (Wildman–Crippen MR) is 92.9 cm³/mol. The summed E-state index contributed by atoms with van der Waals surface area (Å²) in [5.74, 6) is -0.552. The summed E-state index contributed by atoms with van der Waals surface area (Å²) in [6.07, 6.45) is 8.30. The number of anilines is 1. The van der Waals surface area contributed by atoms with Crippen molar-refractivity contribution in [2.45, 2.75) is 45.4 Å². The minimum Gasteiger partial charge on any atom is -0.462 e.